The first-order valence-electron chi connectivity index (χ1n) is 11.5. The summed E-state index contributed by atoms with van der Waals surface area (Å²) in [6.07, 6.45) is 4.97. The number of aliphatic hydroxyl groups is 1. The second kappa shape index (κ2) is 11.1. The van der Waals surface area contributed by atoms with E-state index < -0.39 is 6.61 Å². The van der Waals surface area contributed by atoms with E-state index in [4.69, 9.17) is 21.1 Å². The topological polar surface area (TPSA) is 110 Å². The summed E-state index contributed by atoms with van der Waals surface area (Å²) in [7, 11) is 0. The maximum absolute atomic E-state index is 12.0. The zero-order chi connectivity index (χ0) is 24.9. The Hall–Kier alpha value is -3.47. The number of thiazole rings is 1. The van der Waals surface area contributed by atoms with Gasteiger partial charge in [0.15, 0.2) is 0 Å². The van der Waals surface area contributed by atoms with Crippen LogP contribution in [0.1, 0.15) is 17.7 Å². The molecule has 0 unspecified atom stereocenters. The summed E-state index contributed by atoms with van der Waals surface area (Å²) >= 11 is 8.00. The smallest absolute Gasteiger partial charge is 0.248 e. The second-order valence-corrected chi connectivity index (χ2v) is 9.63. The largest absolute Gasteiger partial charge is 0.491 e. The van der Waals surface area contributed by atoms with Crippen molar-refractivity contribution in [1.82, 2.24) is 19.9 Å². The third-order valence-corrected chi connectivity index (χ3v) is 6.99. The van der Waals surface area contributed by atoms with Gasteiger partial charge < -0.3 is 24.8 Å². The number of ether oxygens (including phenoxy) is 2. The first kappa shape index (κ1) is 24.2. The van der Waals surface area contributed by atoms with Gasteiger partial charge in [-0.1, -0.05) is 17.7 Å². The number of hydrogen-bond acceptors (Lipinski definition) is 9. The number of nitrogens with zero attached hydrogens (tertiary/aromatic N) is 4. The number of fused-ring (bicyclic) bond motifs is 1. The number of rotatable bonds is 9. The highest BCUT2D eigenvalue weighted by Crippen LogP contribution is 2.34. The molecule has 0 spiro atoms. The second-order valence-electron chi connectivity index (χ2n) is 8.25. The van der Waals surface area contributed by atoms with Crippen LogP contribution >= 0.6 is 22.9 Å². The lowest BCUT2D eigenvalue weighted by Crippen LogP contribution is -2.40. The van der Waals surface area contributed by atoms with Crippen molar-refractivity contribution >= 4 is 51.3 Å². The summed E-state index contributed by atoms with van der Waals surface area (Å²) in [4.78, 5) is 27.6. The minimum Gasteiger partial charge on any atom is -0.491 e. The molecule has 1 aliphatic rings. The number of anilines is 2. The molecular formula is C25H24ClN5O4S. The lowest BCUT2D eigenvalue weighted by atomic mass is 10.2. The summed E-state index contributed by atoms with van der Waals surface area (Å²) in [5.74, 6) is 1.47. The molecule has 1 fully saturated rings. The van der Waals surface area contributed by atoms with Crippen LogP contribution in [0, 0.1) is 0 Å². The van der Waals surface area contributed by atoms with Gasteiger partial charge >= 0.3 is 0 Å². The summed E-state index contributed by atoms with van der Waals surface area (Å²) in [6, 6.07) is 11.0. The average Bonchev–Trinajstić information content (AvgIpc) is 3.59. The Balaban J connectivity index is 1.34. The normalized spacial score (nSPS) is 15.3. The van der Waals surface area contributed by atoms with Crippen molar-refractivity contribution in [3.63, 3.8) is 0 Å². The van der Waals surface area contributed by atoms with E-state index in [9.17, 15) is 9.90 Å². The molecule has 2 aromatic carbocycles. The van der Waals surface area contributed by atoms with Gasteiger partial charge in [-0.15, -0.1) is 11.3 Å². The van der Waals surface area contributed by atoms with Gasteiger partial charge in [-0.25, -0.2) is 9.97 Å². The van der Waals surface area contributed by atoms with Crippen molar-refractivity contribution in [2.24, 2.45) is 0 Å². The van der Waals surface area contributed by atoms with Crippen LogP contribution < -0.4 is 14.8 Å². The van der Waals surface area contributed by atoms with Crippen molar-refractivity contribution in [3.8, 4) is 11.5 Å². The zero-order valence-corrected chi connectivity index (χ0v) is 20.8. The van der Waals surface area contributed by atoms with Crippen LogP contribution in [0.2, 0.25) is 5.02 Å². The van der Waals surface area contributed by atoms with Gasteiger partial charge in [-0.3, -0.25) is 9.78 Å². The van der Waals surface area contributed by atoms with Crippen molar-refractivity contribution in [1.29, 1.82) is 0 Å². The van der Waals surface area contributed by atoms with Gasteiger partial charge in [0.25, 0.3) is 0 Å². The SMILES string of the molecule is O=C(CO)N1CCC[C@@H]1COc1cccc2ncnc(Nc3ccc(OCc4cncs4)c(Cl)c3)c12. The number of carbonyl (C=O) groups is 1. The molecule has 4 aromatic rings. The number of aromatic nitrogens is 3. The molecule has 1 atom stereocenters. The highest BCUT2D eigenvalue weighted by atomic mass is 35.5. The number of aliphatic hydroxyl groups excluding tert-OH is 1. The quantitative estimate of drug-likeness (QED) is 0.330. The van der Waals surface area contributed by atoms with E-state index in [-0.39, 0.29) is 11.9 Å². The minimum absolute atomic E-state index is 0.0859. The highest BCUT2D eigenvalue weighted by molar-refractivity contribution is 7.09. The van der Waals surface area contributed by atoms with E-state index in [1.807, 2.05) is 24.3 Å². The molecule has 11 heteroatoms. The lowest BCUT2D eigenvalue weighted by molar-refractivity contribution is -0.135. The van der Waals surface area contributed by atoms with Crippen LogP contribution in [-0.2, 0) is 11.4 Å². The van der Waals surface area contributed by atoms with Gasteiger partial charge in [0.1, 0.15) is 43.5 Å². The molecule has 3 heterocycles. The van der Waals surface area contributed by atoms with Gasteiger partial charge in [0.05, 0.1) is 32.4 Å². The van der Waals surface area contributed by atoms with Gasteiger partial charge in [0.2, 0.25) is 5.91 Å². The van der Waals surface area contributed by atoms with E-state index in [1.165, 1.54) is 17.7 Å². The Morgan fingerprint density at radius 1 is 1.22 bits per heavy atom. The molecule has 1 amide bonds. The fraction of sp³-hybridized carbons (Fsp3) is 0.280. The molecule has 0 aliphatic carbocycles. The zero-order valence-electron chi connectivity index (χ0n) is 19.3. The first-order chi connectivity index (χ1) is 17.6. The van der Waals surface area contributed by atoms with Crippen molar-refractivity contribution in [3.05, 3.63) is 64.3 Å². The van der Waals surface area contributed by atoms with E-state index in [0.717, 1.165) is 34.3 Å². The van der Waals surface area contributed by atoms with Gasteiger partial charge in [-0.05, 0) is 43.2 Å². The molecular weight excluding hydrogens is 502 g/mol. The standard InChI is InChI=1S/C25H24ClN5O4S/c26-19-9-16(6-7-21(19)35-13-18-10-27-15-36-18)30-25-24-20(28-14-29-25)4-1-5-22(24)34-12-17-3-2-8-31(17)23(33)11-32/h1,4-7,9-10,14-15,17,32H,2-3,8,11-13H2,(H,28,29,30)/t17-/m1/s1. The van der Waals surface area contributed by atoms with Crippen LogP contribution in [0.3, 0.4) is 0 Å². The summed E-state index contributed by atoms with van der Waals surface area (Å²) in [5.41, 5.74) is 3.21. The van der Waals surface area contributed by atoms with Crippen molar-refractivity contribution in [2.75, 3.05) is 25.1 Å². The Bertz CT molecular complexity index is 1350. The molecule has 0 saturated carbocycles. The van der Waals surface area contributed by atoms with Crippen LogP contribution in [0.5, 0.6) is 11.5 Å². The minimum atomic E-state index is -0.496. The predicted molar refractivity (Wildman–Crippen MR) is 138 cm³/mol. The van der Waals surface area contributed by atoms with Crippen LogP contribution in [0.15, 0.2) is 54.4 Å². The van der Waals surface area contributed by atoms with E-state index in [0.29, 0.717) is 42.1 Å². The Morgan fingerprint density at radius 3 is 2.94 bits per heavy atom. The molecule has 186 valence electrons. The van der Waals surface area contributed by atoms with E-state index in [1.54, 1.807) is 28.7 Å². The molecule has 36 heavy (non-hydrogen) atoms. The number of hydrogen-bond donors (Lipinski definition) is 2. The van der Waals surface area contributed by atoms with Crippen LogP contribution in [0.25, 0.3) is 10.9 Å². The Kier molecular flexibility index (Phi) is 7.45. The lowest BCUT2D eigenvalue weighted by Gasteiger charge is -2.24. The van der Waals surface area contributed by atoms with Crippen LogP contribution in [-0.4, -0.2) is 56.7 Å². The molecule has 2 aromatic heterocycles. The number of nitrogens with one attached hydrogen (secondary N) is 1. The van der Waals surface area contributed by atoms with E-state index in [2.05, 4.69) is 20.3 Å². The maximum atomic E-state index is 12.0. The predicted octanol–water partition coefficient (Wildman–Crippen LogP) is 4.42. The van der Waals surface area contributed by atoms with Gasteiger partial charge in [-0.2, -0.15) is 0 Å². The van der Waals surface area contributed by atoms with Crippen molar-refractivity contribution in [2.45, 2.75) is 25.5 Å². The number of benzene rings is 2. The van der Waals surface area contributed by atoms with E-state index >= 15 is 0 Å². The first-order valence-corrected chi connectivity index (χ1v) is 12.7. The third kappa shape index (κ3) is 5.35. The molecule has 9 nitrogen and oxygen atoms in total. The Labute approximate surface area is 216 Å². The fourth-order valence-electron chi connectivity index (χ4n) is 4.20. The molecule has 1 aliphatic heterocycles. The molecule has 1 saturated heterocycles. The highest BCUT2D eigenvalue weighted by Gasteiger charge is 2.29. The number of halogens is 1. The summed E-state index contributed by atoms with van der Waals surface area (Å²) < 4.78 is 12.0. The maximum Gasteiger partial charge on any atom is 0.248 e. The summed E-state index contributed by atoms with van der Waals surface area (Å²) in [5, 5.41) is 13.8. The fourth-order valence-corrected chi connectivity index (χ4v) is 4.94. The molecule has 0 bridgehead atoms. The summed E-state index contributed by atoms with van der Waals surface area (Å²) in [6.45, 7) is 0.849. The molecule has 5 rings (SSSR count). The van der Waals surface area contributed by atoms with Gasteiger partial charge in [0, 0.05) is 18.4 Å². The third-order valence-electron chi connectivity index (χ3n) is 5.94. The number of amides is 1. The molecule has 2 N–H and O–H groups in total. The Morgan fingerprint density at radius 2 is 2.14 bits per heavy atom. The average molecular weight is 526 g/mol. The number of carbonyl (C=O) groups excluding carboxylic acids is 1. The van der Waals surface area contributed by atoms with Crippen molar-refractivity contribution < 1.29 is 19.4 Å². The van der Waals surface area contributed by atoms with Crippen LogP contribution in [0.4, 0.5) is 11.5 Å². The number of likely N-dealkylation sites (tertiary alicyclic amines) is 1. The molecule has 0 radical (unpaired) electrons. The monoisotopic (exact) mass is 525 g/mol.